The van der Waals surface area contributed by atoms with Gasteiger partial charge in [0.15, 0.2) is 0 Å². The minimum Gasteiger partial charge on any atom is -0.391 e. The van der Waals surface area contributed by atoms with Gasteiger partial charge in [-0.25, -0.2) is 0 Å². The molecule has 2 nitrogen and oxygen atoms in total. The van der Waals surface area contributed by atoms with Crippen LogP contribution in [0.4, 0.5) is 0 Å². The Morgan fingerprint density at radius 3 is 2.00 bits per heavy atom. The largest absolute Gasteiger partial charge is 0.391 e. The third kappa shape index (κ3) is 6.47. The lowest BCUT2D eigenvalue weighted by atomic mass is 10.1. The molecular weight excluding hydrogens is 230 g/mol. The summed E-state index contributed by atoms with van der Waals surface area (Å²) in [5.74, 6) is 0.657. The summed E-state index contributed by atoms with van der Waals surface area (Å²) in [5.41, 5.74) is 0. The van der Waals surface area contributed by atoms with Crippen LogP contribution < -0.4 is 0 Å². The second-order valence-electron chi connectivity index (χ2n) is 4.25. The highest BCUT2D eigenvalue weighted by molar-refractivity contribution is 9.09. The molecule has 13 heavy (non-hydrogen) atoms. The molecule has 0 fully saturated rings. The smallest absolute Gasteiger partial charge is 0.0763 e. The van der Waals surface area contributed by atoms with Gasteiger partial charge in [-0.1, -0.05) is 29.8 Å². The van der Waals surface area contributed by atoms with E-state index >= 15 is 0 Å². The Morgan fingerprint density at radius 2 is 1.69 bits per heavy atom. The summed E-state index contributed by atoms with van der Waals surface area (Å²) in [4.78, 5) is 2.32. The average Bonchev–Trinajstić information content (AvgIpc) is 2.02. The maximum atomic E-state index is 9.50. The summed E-state index contributed by atoms with van der Waals surface area (Å²) >= 11 is 3.28. The predicted octanol–water partition coefficient (Wildman–Crippen LogP) is 2.11. The molecule has 0 radical (unpaired) electrons. The van der Waals surface area contributed by atoms with E-state index in [2.05, 4.69) is 48.5 Å². The first-order valence-corrected chi connectivity index (χ1v) is 6.07. The van der Waals surface area contributed by atoms with Crippen molar-refractivity contribution in [2.45, 2.75) is 39.8 Å². The molecule has 1 N–H and O–H groups in total. The third-order valence-corrected chi connectivity index (χ3v) is 2.70. The van der Waals surface area contributed by atoms with Crippen LogP contribution in [0.1, 0.15) is 27.7 Å². The van der Waals surface area contributed by atoms with Gasteiger partial charge in [-0.15, -0.1) is 0 Å². The van der Waals surface area contributed by atoms with Crippen molar-refractivity contribution in [2.24, 2.45) is 5.92 Å². The SMILES string of the molecule is CC(C)CN(CC(O)CBr)C(C)C. The molecule has 0 aliphatic rings. The Hall–Kier alpha value is 0.400. The Balaban J connectivity index is 3.94. The zero-order valence-corrected chi connectivity index (χ0v) is 10.7. The maximum absolute atomic E-state index is 9.50. The Bertz CT molecular complexity index is 128. The first-order chi connectivity index (χ1) is 5.97. The van der Waals surface area contributed by atoms with Gasteiger partial charge >= 0.3 is 0 Å². The van der Waals surface area contributed by atoms with Crippen LogP contribution in [-0.4, -0.2) is 40.6 Å². The summed E-state index contributed by atoms with van der Waals surface area (Å²) in [6.45, 7) is 10.6. The molecule has 0 aromatic carbocycles. The quantitative estimate of drug-likeness (QED) is 0.732. The predicted molar refractivity (Wildman–Crippen MR) is 61.3 cm³/mol. The second kappa shape index (κ2) is 6.80. The molecule has 0 aliphatic heterocycles. The molecule has 0 amide bonds. The highest BCUT2D eigenvalue weighted by Gasteiger charge is 2.14. The van der Waals surface area contributed by atoms with Gasteiger partial charge in [0.2, 0.25) is 0 Å². The van der Waals surface area contributed by atoms with Crippen molar-refractivity contribution >= 4 is 15.9 Å². The fraction of sp³-hybridized carbons (Fsp3) is 1.00. The zero-order valence-electron chi connectivity index (χ0n) is 9.13. The number of halogens is 1. The van der Waals surface area contributed by atoms with Gasteiger partial charge in [0, 0.05) is 24.5 Å². The second-order valence-corrected chi connectivity index (χ2v) is 4.90. The lowest BCUT2D eigenvalue weighted by Gasteiger charge is -2.29. The number of rotatable bonds is 6. The molecule has 0 saturated heterocycles. The van der Waals surface area contributed by atoms with Gasteiger partial charge in [-0.05, 0) is 19.8 Å². The standard InChI is InChI=1S/C10H22BrNO/c1-8(2)6-12(9(3)4)7-10(13)5-11/h8-10,13H,5-7H2,1-4H3. The van der Waals surface area contributed by atoms with E-state index in [0.29, 0.717) is 17.3 Å². The van der Waals surface area contributed by atoms with Gasteiger partial charge < -0.3 is 5.11 Å². The van der Waals surface area contributed by atoms with Gasteiger partial charge in [-0.3, -0.25) is 4.90 Å². The molecule has 0 aliphatic carbocycles. The Morgan fingerprint density at radius 1 is 1.15 bits per heavy atom. The number of aliphatic hydroxyl groups excluding tert-OH is 1. The number of nitrogens with zero attached hydrogens (tertiary/aromatic N) is 1. The van der Waals surface area contributed by atoms with Crippen molar-refractivity contribution in [1.29, 1.82) is 0 Å². The number of hydrogen-bond donors (Lipinski definition) is 1. The van der Waals surface area contributed by atoms with E-state index in [1.54, 1.807) is 0 Å². The molecule has 1 unspecified atom stereocenters. The highest BCUT2D eigenvalue weighted by atomic mass is 79.9. The molecular formula is C10H22BrNO. The number of aliphatic hydroxyl groups is 1. The van der Waals surface area contributed by atoms with Crippen LogP contribution in [0.5, 0.6) is 0 Å². The first-order valence-electron chi connectivity index (χ1n) is 4.95. The van der Waals surface area contributed by atoms with Gasteiger partial charge in [0.1, 0.15) is 0 Å². The molecule has 0 aromatic heterocycles. The summed E-state index contributed by atoms with van der Waals surface area (Å²) in [6.07, 6.45) is -0.249. The molecule has 80 valence electrons. The van der Waals surface area contributed by atoms with Gasteiger partial charge in [0.05, 0.1) is 6.10 Å². The van der Waals surface area contributed by atoms with E-state index in [1.807, 2.05) is 0 Å². The van der Waals surface area contributed by atoms with Crippen LogP contribution in [0.2, 0.25) is 0 Å². The fourth-order valence-corrected chi connectivity index (χ4v) is 1.49. The normalized spacial score (nSPS) is 14.5. The molecule has 3 heteroatoms. The highest BCUT2D eigenvalue weighted by Crippen LogP contribution is 2.06. The third-order valence-electron chi connectivity index (χ3n) is 1.95. The molecule has 0 saturated carbocycles. The van der Waals surface area contributed by atoms with Gasteiger partial charge in [-0.2, -0.15) is 0 Å². The zero-order chi connectivity index (χ0) is 10.4. The molecule has 1 atom stereocenters. The maximum Gasteiger partial charge on any atom is 0.0763 e. The minimum atomic E-state index is -0.249. The van der Waals surface area contributed by atoms with E-state index in [1.165, 1.54) is 0 Å². The van der Waals surface area contributed by atoms with Gasteiger partial charge in [0.25, 0.3) is 0 Å². The molecule has 0 rings (SSSR count). The summed E-state index contributed by atoms with van der Waals surface area (Å²) in [7, 11) is 0. The minimum absolute atomic E-state index is 0.249. The average molecular weight is 252 g/mol. The number of alkyl halides is 1. The lowest BCUT2D eigenvalue weighted by molar-refractivity contribution is 0.102. The van der Waals surface area contributed by atoms with Crippen LogP contribution in [-0.2, 0) is 0 Å². The Labute approximate surface area is 90.4 Å². The van der Waals surface area contributed by atoms with Crippen molar-refractivity contribution in [1.82, 2.24) is 4.90 Å². The molecule has 0 spiro atoms. The van der Waals surface area contributed by atoms with E-state index in [-0.39, 0.29) is 6.10 Å². The fourth-order valence-electron chi connectivity index (χ4n) is 1.28. The van der Waals surface area contributed by atoms with Crippen molar-refractivity contribution in [3.63, 3.8) is 0 Å². The monoisotopic (exact) mass is 251 g/mol. The van der Waals surface area contributed by atoms with E-state index in [0.717, 1.165) is 13.1 Å². The van der Waals surface area contributed by atoms with Crippen LogP contribution in [0.3, 0.4) is 0 Å². The van der Waals surface area contributed by atoms with Crippen LogP contribution in [0.15, 0.2) is 0 Å². The summed E-state index contributed by atoms with van der Waals surface area (Å²) in [5, 5.41) is 10.2. The van der Waals surface area contributed by atoms with Crippen molar-refractivity contribution in [2.75, 3.05) is 18.4 Å². The summed E-state index contributed by atoms with van der Waals surface area (Å²) < 4.78 is 0. The topological polar surface area (TPSA) is 23.5 Å². The van der Waals surface area contributed by atoms with Crippen LogP contribution in [0, 0.1) is 5.92 Å². The van der Waals surface area contributed by atoms with Crippen molar-refractivity contribution < 1.29 is 5.11 Å². The van der Waals surface area contributed by atoms with E-state index < -0.39 is 0 Å². The van der Waals surface area contributed by atoms with Crippen molar-refractivity contribution in [3.05, 3.63) is 0 Å². The molecule has 0 heterocycles. The van der Waals surface area contributed by atoms with E-state index in [9.17, 15) is 5.11 Å². The van der Waals surface area contributed by atoms with Crippen LogP contribution in [0.25, 0.3) is 0 Å². The lowest BCUT2D eigenvalue weighted by Crippen LogP contribution is -2.40. The van der Waals surface area contributed by atoms with E-state index in [4.69, 9.17) is 0 Å². The first kappa shape index (κ1) is 13.4. The number of hydrogen-bond acceptors (Lipinski definition) is 2. The summed E-state index contributed by atoms with van der Waals surface area (Å²) in [6, 6.07) is 0.510. The van der Waals surface area contributed by atoms with Crippen molar-refractivity contribution in [3.8, 4) is 0 Å². The van der Waals surface area contributed by atoms with Crippen LogP contribution >= 0.6 is 15.9 Å². The molecule has 0 aromatic rings. The Kier molecular flexibility index (Phi) is 7.00. The molecule has 0 bridgehead atoms.